The van der Waals surface area contributed by atoms with Crippen molar-refractivity contribution < 1.29 is 5.11 Å². The summed E-state index contributed by atoms with van der Waals surface area (Å²) in [6.45, 7) is 20.4. The van der Waals surface area contributed by atoms with Crippen LogP contribution in [0, 0.1) is 56.7 Å². The van der Waals surface area contributed by atoms with Crippen LogP contribution >= 0.6 is 0 Å². The van der Waals surface area contributed by atoms with Crippen LogP contribution < -0.4 is 0 Å². The third kappa shape index (κ3) is 2.65. The average molecular weight is 427 g/mol. The molecule has 5 aliphatic carbocycles. The topological polar surface area (TPSA) is 20.2 Å². The number of aliphatic hydroxyl groups is 1. The summed E-state index contributed by atoms with van der Waals surface area (Å²) in [5.41, 5.74) is 3.60. The second-order valence-corrected chi connectivity index (χ2v) is 14.8. The number of rotatable bonds is 1. The van der Waals surface area contributed by atoms with Crippen molar-refractivity contribution in [3.63, 3.8) is 0 Å². The van der Waals surface area contributed by atoms with Gasteiger partial charge in [0.15, 0.2) is 0 Å². The molecule has 0 aromatic carbocycles. The second kappa shape index (κ2) is 6.64. The molecule has 1 N–H and O–H groups in total. The summed E-state index contributed by atoms with van der Waals surface area (Å²) < 4.78 is 0. The van der Waals surface area contributed by atoms with E-state index in [9.17, 15) is 5.11 Å². The monoisotopic (exact) mass is 426 g/mol. The van der Waals surface area contributed by atoms with E-state index >= 15 is 0 Å². The van der Waals surface area contributed by atoms with Gasteiger partial charge < -0.3 is 5.11 Å². The van der Waals surface area contributed by atoms with Gasteiger partial charge in [0, 0.05) is 0 Å². The summed E-state index contributed by atoms with van der Waals surface area (Å²) in [4.78, 5) is 0. The Labute approximate surface area is 192 Å². The minimum Gasteiger partial charge on any atom is -0.393 e. The molecule has 0 bridgehead atoms. The molecule has 176 valence electrons. The molecule has 0 aliphatic heterocycles. The molecule has 0 unspecified atom stereocenters. The molecule has 0 saturated heterocycles. The minimum atomic E-state index is -0.132. The highest BCUT2D eigenvalue weighted by atomic mass is 16.3. The molecule has 5 aliphatic rings. The van der Waals surface area contributed by atoms with Crippen molar-refractivity contribution in [1.29, 1.82) is 0 Å². The second-order valence-electron chi connectivity index (χ2n) is 14.8. The van der Waals surface area contributed by atoms with Gasteiger partial charge in [0.05, 0.1) is 6.10 Å². The molecule has 4 fully saturated rings. The van der Waals surface area contributed by atoms with Gasteiger partial charge in [-0.05, 0) is 114 Å². The van der Waals surface area contributed by atoms with Gasteiger partial charge in [-0.1, -0.05) is 67.0 Å². The van der Waals surface area contributed by atoms with Crippen LogP contribution in [-0.4, -0.2) is 11.2 Å². The van der Waals surface area contributed by atoms with Crippen LogP contribution in [0.25, 0.3) is 0 Å². The highest BCUT2D eigenvalue weighted by molar-refractivity contribution is 5.33. The van der Waals surface area contributed by atoms with Crippen LogP contribution in [0.1, 0.15) is 113 Å². The van der Waals surface area contributed by atoms with E-state index in [0.717, 1.165) is 30.1 Å². The Balaban J connectivity index is 1.59. The van der Waals surface area contributed by atoms with Gasteiger partial charge >= 0.3 is 0 Å². The van der Waals surface area contributed by atoms with Gasteiger partial charge in [-0.2, -0.15) is 0 Å². The van der Waals surface area contributed by atoms with E-state index in [-0.39, 0.29) is 11.5 Å². The van der Waals surface area contributed by atoms with Gasteiger partial charge in [0.25, 0.3) is 0 Å². The van der Waals surface area contributed by atoms with Crippen molar-refractivity contribution in [2.75, 3.05) is 0 Å². The van der Waals surface area contributed by atoms with Crippen molar-refractivity contribution in [2.45, 2.75) is 119 Å². The van der Waals surface area contributed by atoms with E-state index in [0.29, 0.717) is 27.6 Å². The Kier molecular flexibility index (Phi) is 4.82. The summed E-state index contributed by atoms with van der Waals surface area (Å²) in [7, 11) is 0. The maximum Gasteiger partial charge on any atom is 0.0594 e. The zero-order chi connectivity index (χ0) is 22.6. The lowest BCUT2D eigenvalue weighted by Gasteiger charge is -2.69. The van der Waals surface area contributed by atoms with Crippen molar-refractivity contribution >= 4 is 0 Å². The van der Waals surface area contributed by atoms with Crippen molar-refractivity contribution in [2.24, 2.45) is 56.7 Å². The Morgan fingerprint density at radius 2 is 1.55 bits per heavy atom. The van der Waals surface area contributed by atoms with Gasteiger partial charge in [-0.3, -0.25) is 0 Å². The molecule has 0 spiro atoms. The zero-order valence-electron chi connectivity index (χ0n) is 21.9. The molecule has 0 radical (unpaired) electrons. The van der Waals surface area contributed by atoms with Crippen LogP contribution in [0.2, 0.25) is 0 Å². The molecule has 0 aromatic heterocycles. The number of aliphatic hydroxyl groups excluding tert-OH is 1. The van der Waals surface area contributed by atoms with E-state index in [1.807, 2.05) is 5.57 Å². The standard InChI is InChI=1S/C30H50O/c1-19(2)20-11-14-27(5)17-18-29(7)22-9-10-23-26(3,4)24(31)13-15-28(23,6)21(22)12-16-30(29,8)25(20)27/h12,19-20,22-25,31H,9-11,13-18H2,1-8H3/t20-,22+,23-,24-,25-,27-,28+,29-,30+/m0/s1. The summed E-state index contributed by atoms with van der Waals surface area (Å²) in [5.74, 6) is 3.98. The van der Waals surface area contributed by atoms with E-state index in [1.165, 1.54) is 51.4 Å². The predicted octanol–water partition coefficient (Wildman–Crippen LogP) is 8.02. The predicted molar refractivity (Wildman–Crippen MR) is 131 cm³/mol. The molecule has 0 heterocycles. The summed E-state index contributed by atoms with van der Waals surface area (Å²) in [6, 6.07) is 0. The number of fused-ring (bicyclic) bond motifs is 7. The summed E-state index contributed by atoms with van der Waals surface area (Å²) in [5, 5.41) is 10.9. The van der Waals surface area contributed by atoms with Crippen LogP contribution in [0.3, 0.4) is 0 Å². The van der Waals surface area contributed by atoms with Gasteiger partial charge in [0.1, 0.15) is 0 Å². The van der Waals surface area contributed by atoms with Crippen LogP contribution in [0.4, 0.5) is 0 Å². The number of hydrogen-bond donors (Lipinski definition) is 1. The Morgan fingerprint density at radius 1 is 0.839 bits per heavy atom. The molecule has 5 rings (SSSR count). The lowest BCUT2D eigenvalue weighted by molar-refractivity contribution is -0.168. The quantitative estimate of drug-likeness (QED) is 0.421. The first-order valence-corrected chi connectivity index (χ1v) is 13.7. The average Bonchev–Trinajstić information content (AvgIpc) is 3.06. The molecule has 31 heavy (non-hydrogen) atoms. The molecular weight excluding hydrogens is 376 g/mol. The summed E-state index contributed by atoms with van der Waals surface area (Å²) >= 11 is 0. The molecular formula is C30H50O. The van der Waals surface area contributed by atoms with Crippen molar-refractivity contribution in [3.8, 4) is 0 Å². The van der Waals surface area contributed by atoms with Gasteiger partial charge in [0.2, 0.25) is 0 Å². The number of allylic oxidation sites excluding steroid dienone is 2. The summed E-state index contributed by atoms with van der Waals surface area (Å²) in [6.07, 6.45) is 14.6. The van der Waals surface area contributed by atoms with Crippen molar-refractivity contribution in [1.82, 2.24) is 0 Å². The van der Waals surface area contributed by atoms with E-state index in [2.05, 4.69) is 61.5 Å². The van der Waals surface area contributed by atoms with Crippen molar-refractivity contribution in [3.05, 3.63) is 11.6 Å². The van der Waals surface area contributed by atoms with Crippen LogP contribution in [-0.2, 0) is 0 Å². The maximum absolute atomic E-state index is 10.9. The third-order valence-electron chi connectivity index (χ3n) is 13.0. The fourth-order valence-corrected chi connectivity index (χ4v) is 11.0. The molecule has 1 nitrogen and oxygen atoms in total. The molecule has 4 saturated carbocycles. The largest absolute Gasteiger partial charge is 0.393 e. The Hall–Kier alpha value is -0.300. The highest BCUT2D eigenvalue weighted by Crippen LogP contribution is 2.76. The lowest BCUT2D eigenvalue weighted by Crippen LogP contribution is -2.62. The molecule has 9 atom stereocenters. The zero-order valence-corrected chi connectivity index (χ0v) is 21.9. The maximum atomic E-state index is 10.9. The van der Waals surface area contributed by atoms with E-state index in [1.54, 1.807) is 0 Å². The van der Waals surface area contributed by atoms with Gasteiger partial charge in [-0.25, -0.2) is 0 Å². The van der Waals surface area contributed by atoms with E-state index < -0.39 is 0 Å². The fraction of sp³-hybridized carbons (Fsp3) is 0.933. The van der Waals surface area contributed by atoms with Gasteiger partial charge in [-0.15, -0.1) is 0 Å². The highest BCUT2D eigenvalue weighted by Gasteiger charge is 2.68. The first-order chi connectivity index (χ1) is 14.3. The molecule has 1 heteroatoms. The third-order valence-corrected chi connectivity index (χ3v) is 13.0. The van der Waals surface area contributed by atoms with Crippen LogP contribution in [0.5, 0.6) is 0 Å². The smallest absolute Gasteiger partial charge is 0.0594 e. The first-order valence-electron chi connectivity index (χ1n) is 13.7. The normalized spacial score (nSPS) is 55.7. The SMILES string of the molecule is CC(C)[C@@H]1CC[C@@]2(C)CC[C@@]3(C)[C@@H]4CC[C@H]5C(C)(C)[C@@H](O)CC[C@]5(C)C4=CC[C@]3(C)[C@@H]12. The minimum absolute atomic E-state index is 0.0415. The molecule has 0 aromatic rings. The Morgan fingerprint density at radius 3 is 2.23 bits per heavy atom. The fourth-order valence-electron chi connectivity index (χ4n) is 11.0. The number of hydrogen-bond acceptors (Lipinski definition) is 1. The molecule has 0 amide bonds. The lowest BCUT2D eigenvalue weighted by atomic mass is 9.35. The Bertz CT molecular complexity index is 777. The van der Waals surface area contributed by atoms with Crippen LogP contribution in [0.15, 0.2) is 11.6 Å². The van der Waals surface area contributed by atoms with E-state index in [4.69, 9.17) is 0 Å². The first kappa shape index (κ1) is 22.5.